The molecule has 2 nitrogen and oxygen atoms in total. The van der Waals surface area contributed by atoms with Crippen LogP contribution >= 0.6 is 0 Å². The van der Waals surface area contributed by atoms with Crippen LogP contribution in [0.15, 0.2) is 146 Å². The average Bonchev–Trinajstić information content (AvgIpc) is 1.43. The first-order valence-electron chi connectivity index (χ1n) is 38.7. The predicted molar refractivity (Wildman–Crippen MR) is 487 cm³/mol. The highest BCUT2D eigenvalue weighted by atomic mass is 28.5. The summed E-state index contributed by atoms with van der Waals surface area (Å²) in [6.07, 6.45) is 5.89. The molecule has 12 rings (SSSR count). The summed E-state index contributed by atoms with van der Waals surface area (Å²) in [4.78, 5) is 4.09. The number of nitrogens with zero attached hydrogens (tertiary/aromatic N) is 2. The van der Waals surface area contributed by atoms with Gasteiger partial charge in [0.15, 0.2) is 0 Å². The second-order valence-electron chi connectivity index (χ2n) is 42.5. The van der Waals surface area contributed by atoms with Gasteiger partial charge < -0.3 is 9.13 Å². The number of hydrogen-bond donors (Lipinski definition) is 0. The van der Waals surface area contributed by atoms with Gasteiger partial charge in [-0.3, -0.25) is 0 Å². The van der Waals surface area contributed by atoms with Crippen LogP contribution in [-0.4, -0.2) is 108 Å². The Morgan fingerprint density at radius 1 is 0.290 bits per heavy atom. The van der Waals surface area contributed by atoms with Crippen LogP contribution in [0.2, 0.25) is 184 Å². The van der Waals surface area contributed by atoms with Crippen LogP contribution in [0, 0.1) is 27.7 Å². The molecule has 0 radical (unpaired) electrons. The van der Waals surface area contributed by atoms with Gasteiger partial charge in [-0.1, -0.05) is 358 Å². The molecule has 14 heteroatoms. The molecule has 4 saturated heterocycles. The maximum absolute atomic E-state index is 3.35. The minimum absolute atomic E-state index is 0.135. The molecule has 4 fully saturated rings. The summed E-state index contributed by atoms with van der Waals surface area (Å²) in [5.74, 6) is 0. The quantitative estimate of drug-likeness (QED) is 0.0683. The highest BCUT2D eigenvalue weighted by Gasteiger charge is 2.93. The Hall–Kier alpha value is -3.26. The van der Waals surface area contributed by atoms with Gasteiger partial charge in [0.25, 0.3) is 0 Å². The van der Waals surface area contributed by atoms with E-state index >= 15 is 0 Å². The van der Waals surface area contributed by atoms with Crippen LogP contribution in [0.5, 0.6) is 0 Å². The molecule has 4 aliphatic heterocycles. The van der Waals surface area contributed by atoms with E-state index in [9.17, 15) is 0 Å². The molecule has 0 amide bonds. The van der Waals surface area contributed by atoms with E-state index in [1.165, 1.54) is 91.0 Å². The topological polar surface area (TPSA) is 6.02 Å². The lowest BCUT2D eigenvalue weighted by Crippen LogP contribution is -2.73. The van der Waals surface area contributed by atoms with E-state index in [0.29, 0.717) is 17.1 Å². The largest absolute Gasteiger partial charge is 0.371 e. The molecular formula is C86H134N2Si12. The fraction of sp³-hybridized carbons (Fsp3) is 0.512. The van der Waals surface area contributed by atoms with Gasteiger partial charge in [0.05, 0.1) is 16.8 Å². The normalized spacial score (nSPS) is 20.2. The Balaban J connectivity index is 0.000000202. The van der Waals surface area contributed by atoms with Gasteiger partial charge in [-0.2, -0.15) is 0 Å². The van der Waals surface area contributed by atoms with E-state index in [-0.39, 0.29) is 10.1 Å². The maximum atomic E-state index is 3.35. The Bertz CT molecular complexity index is 4060. The SMILES string of the molecule is Cc1cccc(C)c1N1/C(=[Si](/c2c3ccccc3cc3ccccc23)C(C)(C)C)[Si]12C([Si](C)(C)C)([Si](C)(C)C)CCC2([Si](C)(C)C)[Si](C)(C)C.Cc1cccc(C)c1N1/C(=[Si](/c2c3ccccc3cc3ccccc23)C(C)(C)C)[Si]12C([Si](C)(C)C)([Si](C)(C)C)CCC2([Si](C)(C)C)[Si](C)(C)C. The van der Waals surface area contributed by atoms with Crippen LogP contribution in [0.1, 0.15) is 89.5 Å². The molecule has 0 unspecified atom stereocenters. The van der Waals surface area contributed by atoms with Crippen molar-refractivity contribution in [1.29, 1.82) is 0 Å². The zero-order valence-corrected chi connectivity index (χ0v) is 81.6. The van der Waals surface area contributed by atoms with Crippen molar-refractivity contribution in [2.24, 2.45) is 0 Å². The van der Waals surface area contributed by atoms with Gasteiger partial charge in [-0.05, 0) is 143 Å². The van der Waals surface area contributed by atoms with E-state index in [4.69, 9.17) is 0 Å². The smallest absolute Gasteiger partial charge is 0.205 e. The van der Waals surface area contributed by atoms with E-state index in [0.717, 1.165) is 0 Å². The number of hydrogen-bond acceptors (Lipinski definition) is 2. The van der Waals surface area contributed by atoms with Gasteiger partial charge in [0.1, 0.15) is 0 Å². The number of rotatable bonds is 12. The summed E-state index contributed by atoms with van der Waals surface area (Å²) in [6.45, 7) is 93.6. The third-order valence-electron chi connectivity index (χ3n) is 27.5. The zero-order valence-electron chi connectivity index (χ0n) is 69.6. The first-order chi connectivity index (χ1) is 45.7. The lowest BCUT2D eigenvalue weighted by molar-refractivity contribution is 0.756. The summed E-state index contributed by atoms with van der Waals surface area (Å²) < 4.78 is 8.60. The molecule has 4 heterocycles. The van der Waals surface area contributed by atoms with Crippen molar-refractivity contribution in [3.63, 3.8) is 0 Å². The van der Waals surface area contributed by atoms with Crippen molar-refractivity contribution >= 4 is 173 Å². The van der Waals surface area contributed by atoms with Crippen molar-refractivity contribution in [2.75, 3.05) is 9.13 Å². The van der Waals surface area contributed by atoms with Gasteiger partial charge in [-0.25, -0.2) is 0 Å². The lowest BCUT2D eigenvalue weighted by Gasteiger charge is -2.60. The van der Waals surface area contributed by atoms with Gasteiger partial charge in [-0.15, -0.1) is 0 Å². The molecule has 4 aliphatic rings. The van der Waals surface area contributed by atoms with Gasteiger partial charge in [0, 0.05) is 85.8 Å². The van der Waals surface area contributed by atoms with Crippen LogP contribution in [0.4, 0.5) is 11.4 Å². The first kappa shape index (κ1) is 77.8. The van der Waals surface area contributed by atoms with Crippen molar-refractivity contribution in [1.82, 2.24) is 0 Å². The second-order valence-corrected chi connectivity index (χ2v) is 107. The Kier molecular flexibility index (Phi) is 19.2. The third kappa shape index (κ3) is 10.7. The summed E-state index contributed by atoms with van der Waals surface area (Å²) in [6, 6.07) is 57.2. The van der Waals surface area contributed by atoms with Crippen LogP contribution in [0.25, 0.3) is 43.1 Å². The fourth-order valence-corrected chi connectivity index (χ4v) is 147. The molecule has 0 atom stereocenters. The summed E-state index contributed by atoms with van der Waals surface area (Å²) >= 11 is 0. The van der Waals surface area contributed by atoms with Crippen molar-refractivity contribution in [3.05, 3.63) is 168 Å². The number of fused-ring (bicyclic) bond motifs is 4. The monoisotopic (exact) mass is 1530 g/mol. The average molecular weight is 1530 g/mol. The molecule has 100 heavy (non-hydrogen) atoms. The highest BCUT2D eigenvalue weighted by Crippen LogP contribution is 2.84. The van der Waals surface area contributed by atoms with Gasteiger partial charge in [0.2, 0.25) is 16.5 Å². The molecule has 536 valence electrons. The molecule has 0 aliphatic carbocycles. The molecule has 8 aromatic rings. The van der Waals surface area contributed by atoms with Crippen molar-refractivity contribution in [2.45, 2.75) is 279 Å². The molecule has 2 spiro atoms. The van der Waals surface area contributed by atoms with Crippen molar-refractivity contribution < 1.29 is 0 Å². The van der Waals surface area contributed by atoms with E-state index in [1.807, 2.05) is 9.83 Å². The first-order valence-corrected chi connectivity index (χ1v) is 73.6. The number of benzene rings is 8. The third-order valence-corrected chi connectivity index (χ3v) is 115. The molecule has 8 aromatic carbocycles. The molecule has 0 saturated carbocycles. The second kappa shape index (κ2) is 24.6. The standard InChI is InChI=1S/2C43H67NSi6/c2*1-32-23-22-24-33(2)38(32)44-40(45(41(3,4)5)39-36-27-20-18-25-34(36)31-35-26-19-21-28-37(35)39)50(44)42(46(6,7)8,47(9,10)11)29-30-43(50,48(12,13)14)49(15,16)17/h2*18-28,31H,29-30H2,1-17H3/b2*45-40+. The number of para-hydroxylation sites is 2. The fourth-order valence-electron chi connectivity index (χ4n) is 25.8. The minimum atomic E-state index is -2.44. The van der Waals surface area contributed by atoms with Crippen LogP contribution in [-0.2, 0) is 0 Å². The Morgan fingerprint density at radius 3 is 0.660 bits per heavy atom. The zero-order chi connectivity index (χ0) is 74.5. The number of aryl methyl sites for hydroxylation is 4. The summed E-state index contributed by atoms with van der Waals surface area (Å²) in [7, 11) is -21.7. The Morgan fingerprint density at radius 2 is 0.480 bits per heavy atom. The highest BCUT2D eigenvalue weighted by molar-refractivity contribution is 7.54. The van der Waals surface area contributed by atoms with Crippen LogP contribution < -0.4 is 19.5 Å². The van der Waals surface area contributed by atoms with Crippen molar-refractivity contribution in [3.8, 4) is 0 Å². The number of anilines is 2. The minimum Gasteiger partial charge on any atom is -0.371 e. The maximum Gasteiger partial charge on any atom is 0.205 e. The van der Waals surface area contributed by atoms with Gasteiger partial charge >= 0.3 is 0 Å². The lowest BCUT2D eigenvalue weighted by atomic mass is 10.0. The van der Waals surface area contributed by atoms with Crippen LogP contribution in [0.3, 0.4) is 0 Å². The molecule has 0 bridgehead atoms. The summed E-state index contributed by atoms with van der Waals surface area (Å²) in [5.41, 5.74) is 9.23. The molecule has 0 N–H and O–H groups in total. The van der Waals surface area contributed by atoms with E-state index < -0.39 is 97.9 Å². The molecular weight excluding hydrogens is 1400 g/mol. The van der Waals surface area contributed by atoms with E-state index in [2.05, 4.69) is 381 Å². The molecule has 0 aromatic heterocycles. The Labute approximate surface area is 623 Å². The predicted octanol–water partition coefficient (Wildman–Crippen LogP) is 25.2. The van der Waals surface area contributed by atoms with E-state index in [1.54, 1.807) is 21.7 Å². The summed E-state index contributed by atoms with van der Waals surface area (Å²) in [5, 5.41) is 15.4.